The number of methoxy groups -OCH3 is 1. The maximum Gasteiger partial charge on any atom is 0.337 e. The number of halogens is 1. The minimum absolute atomic E-state index is 0.0509. The molecule has 4 rings (SSSR count). The van der Waals surface area contributed by atoms with Crippen molar-refractivity contribution in [2.75, 3.05) is 12.0 Å². The molecule has 1 aliphatic heterocycles. The van der Waals surface area contributed by atoms with E-state index >= 15 is 0 Å². The molecule has 11 heteroatoms. The molecule has 0 aromatic heterocycles. The van der Waals surface area contributed by atoms with Crippen molar-refractivity contribution in [3.8, 4) is 0 Å². The molecule has 0 aliphatic carbocycles. The van der Waals surface area contributed by atoms with E-state index in [9.17, 15) is 29.3 Å². The molecule has 10 nitrogen and oxygen atoms in total. The second-order valence-electron chi connectivity index (χ2n) is 8.55. The van der Waals surface area contributed by atoms with Crippen LogP contribution in [0, 0.1) is 10.1 Å². The monoisotopic (exact) mass is 535 g/mol. The van der Waals surface area contributed by atoms with E-state index < -0.39 is 46.4 Å². The Labute approximate surface area is 222 Å². The Hall–Kier alpha value is -4.57. The third-order valence-corrected chi connectivity index (χ3v) is 6.65. The zero-order chi connectivity index (χ0) is 27.6. The van der Waals surface area contributed by atoms with Crippen molar-refractivity contribution in [1.29, 1.82) is 0 Å². The van der Waals surface area contributed by atoms with Gasteiger partial charge in [0.1, 0.15) is 11.1 Å². The number of nitro groups is 1. The van der Waals surface area contributed by atoms with Crippen molar-refractivity contribution in [3.05, 3.63) is 105 Å². The largest absolute Gasteiger partial charge is 0.465 e. The first kappa shape index (κ1) is 26.5. The van der Waals surface area contributed by atoms with Gasteiger partial charge in [0.05, 0.1) is 35.7 Å². The van der Waals surface area contributed by atoms with E-state index in [4.69, 9.17) is 11.6 Å². The first-order valence-corrected chi connectivity index (χ1v) is 11.9. The smallest absolute Gasteiger partial charge is 0.337 e. The molecule has 3 amide bonds. The van der Waals surface area contributed by atoms with Crippen LogP contribution in [0.2, 0.25) is 5.02 Å². The molecule has 0 N–H and O–H groups in total. The van der Waals surface area contributed by atoms with E-state index in [-0.39, 0.29) is 28.3 Å². The van der Waals surface area contributed by atoms with Crippen molar-refractivity contribution >= 4 is 46.7 Å². The van der Waals surface area contributed by atoms with E-state index in [1.54, 1.807) is 37.3 Å². The van der Waals surface area contributed by atoms with Crippen LogP contribution in [0.4, 0.5) is 11.4 Å². The Balaban J connectivity index is 1.74. The lowest BCUT2D eigenvalue weighted by Gasteiger charge is -2.33. The topological polar surface area (TPSA) is 127 Å². The number of carbonyl (C=O) groups is 4. The van der Waals surface area contributed by atoms with Crippen molar-refractivity contribution in [1.82, 2.24) is 4.90 Å². The molecular weight excluding hydrogens is 514 g/mol. The fourth-order valence-corrected chi connectivity index (χ4v) is 4.57. The molecule has 0 saturated carbocycles. The molecule has 3 aromatic carbocycles. The van der Waals surface area contributed by atoms with Crippen molar-refractivity contribution in [2.45, 2.75) is 25.4 Å². The number of anilines is 1. The van der Waals surface area contributed by atoms with E-state index in [1.165, 1.54) is 48.4 Å². The van der Waals surface area contributed by atoms with Gasteiger partial charge in [-0.25, -0.2) is 9.69 Å². The standard InChI is InChI=1S/C27H22ClN3O7/c1-16(17-6-4-3-5-7-17)29(25(33)19-10-13-21(28)22(14-19)31(36)37)23-15-24(32)30(26(23)34)20-11-8-18(9-12-20)27(35)38-2/h3-14,16,23H,15H2,1-2H3. The number of ether oxygens (including phenoxy) is 1. The van der Waals surface area contributed by atoms with Crippen LogP contribution in [0.25, 0.3) is 0 Å². The molecule has 194 valence electrons. The Kier molecular flexibility index (Phi) is 7.54. The van der Waals surface area contributed by atoms with Gasteiger partial charge in [-0.1, -0.05) is 41.9 Å². The summed E-state index contributed by atoms with van der Waals surface area (Å²) in [6.07, 6.45) is -0.295. The summed E-state index contributed by atoms with van der Waals surface area (Å²) in [6.45, 7) is 1.71. The van der Waals surface area contributed by atoms with Gasteiger partial charge < -0.3 is 9.64 Å². The Bertz CT molecular complexity index is 1430. The number of esters is 1. The van der Waals surface area contributed by atoms with Crippen LogP contribution in [0.1, 0.15) is 45.7 Å². The van der Waals surface area contributed by atoms with Gasteiger partial charge in [0.15, 0.2) is 0 Å². The van der Waals surface area contributed by atoms with Crippen LogP contribution < -0.4 is 4.90 Å². The van der Waals surface area contributed by atoms with Crippen LogP contribution in [0.5, 0.6) is 0 Å². The average Bonchev–Trinajstić information content (AvgIpc) is 3.21. The number of carbonyl (C=O) groups excluding carboxylic acids is 4. The zero-order valence-corrected chi connectivity index (χ0v) is 21.1. The molecule has 2 unspecified atom stereocenters. The molecule has 0 spiro atoms. The highest BCUT2D eigenvalue weighted by molar-refractivity contribution is 6.32. The highest BCUT2D eigenvalue weighted by atomic mass is 35.5. The lowest BCUT2D eigenvalue weighted by molar-refractivity contribution is -0.384. The number of hydrogen-bond donors (Lipinski definition) is 0. The van der Waals surface area contributed by atoms with Gasteiger partial charge in [-0.3, -0.25) is 24.5 Å². The van der Waals surface area contributed by atoms with Crippen molar-refractivity contribution in [3.63, 3.8) is 0 Å². The first-order valence-electron chi connectivity index (χ1n) is 11.5. The van der Waals surface area contributed by atoms with Gasteiger partial charge in [0, 0.05) is 11.6 Å². The molecule has 0 bridgehead atoms. The Morgan fingerprint density at radius 3 is 2.29 bits per heavy atom. The molecule has 38 heavy (non-hydrogen) atoms. The average molecular weight is 536 g/mol. The minimum Gasteiger partial charge on any atom is -0.465 e. The fraction of sp³-hybridized carbons (Fsp3) is 0.185. The molecule has 1 heterocycles. The normalized spacial score (nSPS) is 15.8. The van der Waals surface area contributed by atoms with Gasteiger partial charge in [0.25, 0.3) is 17.5 Å². The van der Waals surface area contributed by atoms with Crippen LogP contribution in [0.3, 0.4) is 0 Å². The summed E-state index contributed by atoms with van der Waals surface area (Å²) in [7, 11) is 1.24. The number of nitro benzene ring substituents is 1. The number of benzene rings is 3. The molecule has 1 fully saturated rings. The molecule has 0 radical (unpaired) electrons. The molecule has 3 aromatic rings. The van der Waals surface area contributed by atoms with Gasteiger partial charge in [-0.15, -0.1) is 0 Å². The summed E-state index contributed by atoms with van der Waals surface area (Å²) in [6, 6.07) is 16.4. The number of rotatable bonds is 7. The van der Waals surface area contributed by atoms with E-state index in [1.807, 2.05) is 0 Å². The second-order valence-corrected chi connectivity index (χ2v) is 8.96. The quantitative estimate of drug-likeness (QED) is 0.188. The zero-order valence-electron chi connectivity index (χ0n) is 20.4. The lowest BCUT2D eigenvalue weighted by atomic mass is 10.0. The summed E-state index contributed by atoms with van der Waals surface area (Å²) in [5.41, 5.74) is 0.671. The number of nitrogens with zero attached hydrogens (tertiary/aromatic N) is 3. The van der Waals surface area contributed by atoms with Crippen LogP contribution in [-0.4, -0.2) is 46.7 Å². The summed E-state index contributed by atoms with van der Waals surface area (Å²) in [4.78, 5) is 65.2. The number of hydrogen-bond acceptors (Lipinski definition) is 7. The Morgan fingerprint density at radius 1 is 1.05 bits per heavy atom. The molecule has 1 saturated heterocycles. The summed E-state index contributed by atoms with van der Waals surface area (Å²) >= 11 is 5.93. The van der Waals surface area contributed by atoms with Gasteiger partial charge in [-0.05, 0) is 48.9 Å². The lowest BCUT2D eigenvalue weighted by Crippen LogP contribution is -2.46. The van der Waals surface area contributed by atoms with Gasteiger partial charge in [0.2, 0.25) is 5.91 Å². The summed E-state index contributed by atoms with van der Waals surface area (Å²) in [5, 5.41) is 11.3. The minimum atomic E-state index is -1.18. The highest BCUT2D eigenvalue weighted by Crippen LogP contribution is 2.34. The van der Waals surface area contributed by atoms with E-state index in [0.29, 0.717) is 5.56 Å². The fourth-order valence-electron chi connectivity index (χ4n) is 4.38. The maximum absolute atomic E-state index is 13.8. The van der Waals surface area contributed by atoms with Crippen LogP contribution in [0.15, 0.2) is 72.8 Å². The third kappa shape index (κ3) is 4.98. The molecular formula is C27H22ClN3O7. The van der Waals surface area contributed by atoms with Crippen LogP contribution in [-0.2, 0) is 14.3 Å². The maximum atomic E-state index is 13.8. The Morgan fingerprint density at radius 2 is 1.68 bits per heavy atom. The van der Waals surface area contributed by atoms with Gasteiger partial charge in [-0.2, -0.15) is 0 Å². The predicted octanol–water partition coefficient (Wildman–Crippen LogP) is 4.57. The van der Waals surface area contributed by atoms with Crippen molar-refractivity contribution < 1.29 is 28.8 Å². The first-order chi connectivity index (χ1) is 18.1. The predicted molar refractivity (Wildman–Crippen MR) is 138 cm³/mol. The summed E-state index contributed by atoms with van der Waals surface area (Å²) < 4.78 is 4.68. The van der Waals surface area contributed by atoms with Gasteiger partial charge >= 0.3 is 5.97 Å². The number of amides is 3. The third-order valence-electron chi connectivity index (χ3n) is 6.33. The van der Waals surface area contributed by atoms with Crippen molar-refractivity contribution in [2.24, 2.45) is 0 Å². The molecule has 1 aliphatic rings. The van der Waals surface area contributed by atoms with Crippen LogP contribution >= 0.6 is 11.6 Å². The van der Waals surface area contributed by atoms with E-state index in [0.717, 1.165) is 11.0 Å². The molecule has 2 atom stereocenters. The summed E-state index contributed by atoms with van der Waals surface area (Å²) in [5.74, 6) is -2.42. The highest BCUT2D eigenvalue weighted by Gasteiger charge is 2.46. The van der Waals surface area contributed by atoms with E-state index in [2.05, 4.69) is 4.74 Å². The SMILES string of the molecule is COC(=O)c1ccc(N2C(=O)CC(N(C(=O)c3ccc(Cl)c([N+](=O)[O-])c3)C(C)c3ccccc3)C2=O)cc1. The number of imide groups is 1. The second kappa shape index (κ2) is 10.8.